The largest absolute Gasteiger partial charge is 0.481 e. The van der Waals surface area contributed by atoms with Crippen LogP contribution in [0.2, 0.25) is 0 Å². The Balaban J connectivity index is 2.95. The van der Waals surface area contributed by atoms with Gasteiger partial charge in [0.05, 0.1) is 7.11 Å². The highest BCUT2D eigenvalue weighted by Gasteiger charge is 2.04. The molecule has 1 rings (SSSR count). The van der Waals surface area contributed by atoms with Crippen molar-refractivity contribution in [3.8, 4) is 0 Å². The number of nitrogens with zero attached hydrogens (tertiary/aromatic N) is 1. The number of ether oxygens (including phenoxy) is 1. The lowest BCUT2D eigenvalue weighted by molar-refractivity contribution is 0.403. The maximum Gasteiger partial charge on any atom is 0.220 e. The van der Waals surface area contributed by atoms with E-state index in [1.54, 1.807) is 7.11 Å². The molecule has 0 saturated heterocycles. The monoisotopic (exact) mass is 203 g/mol. The van der Waals surface area contributed by atoms with Crippen LogP contribution < -0.4 is 0 Å². The first kappa shape index (κ1) is 11.5. The highest BCUT2D eigenvalue weighted by Crippen LogP contribution is 2.11. The summed E-state index contributed by atoms with van der Waals surface area (Å²) >= 11 is 0. The summed E-state index contributed by atoms with van der Waals surface area (Å²) in [6.07, 6.45) is 0. The van der Waals surface area contributed by atoms with E-state index in [1.807, 2.05) is 30.3 Å². The summed E-state index contributed by atoms with van der Waals surface area (Å²) in [4.78, 5) is 4.36. The summed E-state index contributed by atoms with van der Waals surface area (Å²) in [7, 11) is 1.62. The molecule has 0 fully saturated rings. The van der Waals surface area contributed by atoms with Crippen LogP contribution in [0.4, 0.5) is 0 Å². The summed E-state index contributed by atoms with van der Waals surface area (Å²) in [5.74, 6) is 0.952. The van der Waals surface area contributed by atoms with E-state index >= 15 is 0 Å². The molecule has 0 aliphatic heterocycles. The number of methoxy groups -OCH3 is 1. The number of rotatable bonds is 3. The van der Waals surface area contributed by atoms with E-state index in [2.05, 4.69) is 25.4 Å². The summed E-state index contributed by atoms with van der Waals surface area (Å²) in [6, 6.07) is 9.82. The fourth-order valence-electron chi connectivity index (χ4n) is 1.07. The SMILES string of the molecule is C=C(N=C(OC)c1ccccc1)C(C)C. The Morgan fingerprint density at radius 3 is 2.33 bits per heavy atom. The lowest BCUT2D eigenvalue weighted by Gasteiger charge is -2.08. The molecule has 15 heavy (non-hydrogen) atoms. The highest BCUT2D eigenvalue weighted by molar-refractivity contribution is 5.94. The second-order valence-electron chi connectivity index (χ2n) is 3.63. The van der Waals surface area contributed by atoms with Crippen LogP contribution in [0, 0.1) is 5.92 Å². The van der Waals surface area contributed by atoms with E-state index in [1.165, 1.54) is 0 Å². The lowest BCUT2D eigenvalue weighted by atomic mass is 10.1. The fraction of sp³-hybridized carbons (Fsp3) is 0.308. The molecule has 0 aliphatic rings. The van der Waals surface area contributed by atoms with Crippen LogP contribution in [-0.4, -0.2) is 13.0 Å². The van der Waals surface area contributed by atoms with Crippen LogP contribution in [0.3, 0.4) is 0 Å². The van der Waals surface area contributed by atoms with Crippen LogP contribution in [0.1, 0.15) is 19.4 Å². The maximum absolute atomic E-state index is 5.25. The van der Waals surface area contributed by atoms with E-state index < -0.39 is 0 Å². The molecule has 0 heterocycles. The van der Waals surface area contributed by atoms with Gasteiger partial charge in [0, 0.05) is 11.3 Å². The molecule has 0 atom stereocenters. The first-order valence-corrected chi connectivity index (χ1v) is 5.02. The van der Waals surface area contributed by atoms with Crippen molar-refractivity contribution in [1.29, 1.82) is 0 Å². The van der Waals surface area contributed by atoms with Crippen LogP contribution in [0.15, 0.2) is 47.6 Å². The Kier molecular flexibility index (Phi) is 4.10. The predicted molar refractivity (Wildman–Crippen MR) is 64.0 cm³/mol. The summed E-state index contributed by atoms with van der Waals surface area (Å²) in [5, 5.41) is 0. The molecule has 0 radical (unpaired) electrons. The molecule has 0 bridgehead atoms. The molecule has 0 amide bonds. The zero-order valence-corrected chi connectivity index (χ0v) is 9.53. The highest BCUT2D eigenvalue weighted by atomic mass is 16.5. The zero-order chi connectivity index (χ0) is 11.3. The molecule has 0 N–H and O–H groups in total. The predicted octanol–water partition coefficient (Wildman–Crippen LogP) is 3.25. The Bertz CT molecular complexity index is 352. The third-order valence-corrected chi connectivity index (χ3v) is 2.13. The van der Waals surface area contributed by atoms with Crippen molar-refractivity contribution in [3.63, 3.8) is 0 Å². The molecular formula is C13H17NO. The van der Waals surface area contributed by atoms with Crippen molar-refractivity contribution in [3.05, 3.63) is 48.2 Å². The van der Waals surface area contributed by atoms with Crippen molar-refractivity contribution in [2.75, 3.05) is 7.11 Å². The number of allylic oxidation sites excluding steroid dienone is 1. The number of benzene rings is 1. The maximum atomic E-state index is 5.25. The smallest absolute Gasteiger partial charge is 0.220 e. The molecule has 0 saturated carbocycles. The fourth-order valence-corrected chi connectivity index (χ4v) is 1.07. The third kappa shape index (κ3) is 3.24. The molecule has 0 unspecified atom stereocenters. The van der Waals surface area contributed by atoms with Crippen molar-refractivity contribution in [1.82, 2.24) is 0 Å². The van der Waals surface area contributed by atoms with Gasteiger partial charge < -0.3 is 4.74 Å². The minimum absolute atomic E-state index is 0.332. The van der Waals surface area contributed by atoms with Gasteiger partial charge in [-0.2, -0.15) is 0 Å². The topological polar surface area (TPSA) is 21.6 Å². The second kappa shape index (κ2) is 5.35. The first-order chi connectivity index (χ1) is 7.15. The average molecular weight is 203 g/mol. The molecule has 2 heteroatoms. The van der Waals surface area contributed by atoms with Gasteiger partial charge in [0.15, 0.2) is 0 Å². The van der Waals surface area contributed by atoms with E-state index in [0.29, 0.717) is 11.8 Å². The van der Waals surface area contributed by atoms with Gasteiger partial charge in [-0.05, 0) is 18.1 Å². The normalized spacial score (nSPS) is 11.6. The van der Waals surface area contributed by atoms with Gasteiger partial charge in [0.2, 0.25) is 5.90 Å². The molecule has 80 valence electrons. The minimum Gasteiger partial charge on any atom is -0.481 e. The van der Waals surface area contributed by atoms with Crippen molar-refractivity contribution in [2.45, 2.75) is 13.8 Å². The molecule has 0 aromatic heterocycles. The standard InChI is InChI=1S/C13H17NO/c1-10(2)11(3)14-13(15-4)12-8-6-5-7-9-12/h5-10H,3H2,1-2,4H3. The van der Waals surface area contributed by atoms with E-state index in [9.17, 15) is 0 Å². The minimum atomic E-state index is 0.332. The molecule has 1 aromatic rings. The molecule has 0 aliphatic carbocycles. The van der Waals surface area contributed by atoms with Gasteiger partial charge in [0.25, 0.3) is 0 Å². The van der Waals surface area contributed by atoms with Crippen molar-refractivity contribution in [2.24, 2.45) is 10.9 Å². The van der Waals surface area contributed by atoms with Gasteiger partial charge in [-0.3, -0.25) is 0 Å². The van der Waals surface area contributed by atoms with Crippen LogP contribution in [0.25, 0.3) is 0 Å². The van der Waals surface area contributed by atoms with Gasteiger partial charge in [0.1, 0.15) is 0 Å². The molecular weight excluding hydrogens is 186 g/mol. The summed E-state index contributed by atoms with van der Waals surface area (Å²) in [5.41, 5.74) is 1.80. The van der Waals surface area contributed by atoms with Gasteiger partial charge in [-0.1, -0.05) is 38.6 Å². The Morgan fingerprint density at radius 1 is 1.27 bits per heavy atom. The quantitative estimate of drug-likeness (QED) is 0.546. The third-order valence-electron chi connectivity index (χ3n) is 2.13. The summed E-state index contributed by atoms with van der Waals surface area (Å²) in [6.45, 7) is 8.02. The van der Waals surface area contributed by atoms with Gasteiger partial charge >= 0.3 is 0 Å². The van der Waals surface area contributed by atoms with E-state index in [4.69, 9.17) is 4.74 Å². The van der Waals surface area contributed by atoms with Crippen LogP contribution in [0.5, 0.6) is 0 Å². The molecule has 1 aromatic carbocycles. The van der Waals surface area contributed by atoms with Crippen molar-refractivity contribution >= 4 is 5.90 Å². The van der Waals surface area contributed by atoms with Crippen LogP contribution >= 0.6 is 0 Å². The first-order valence-electron chi connectivity index (χ1n) is 5.02. The number of hydrogen-bond donors (Lipinski definition) is 0. The molecule has 2 nitrogen and oxygen atoms in total. The van der Waals surface area contributed by atoms with Gasteiger partial charge in [-0.25, -0.2) is 4.99 Å². The number of aliphatic imine (C=N–C) groups is 1. The lowest BCUT2D eigenvalue weighted by Crippen LogP contribution is -2.05. The van der Waals surface area contributed by atoms with Crippen LogP contribution in [-0.2, 0) is 4.74 Å². The average Bonchev–Trinajstić information content (AvgIpc) is 2.26. The number of hydrogen-bond acceptors (Lipinski definition) is 2. The Hall–Kier alpha value is -1.57. The Labute approximate surface area is 91.3 Å². The zero-order valence-electron chi connectivity index (χ0n) is 9.53. The van der Waals surface area contributed by atoms with Crippen molar-refractivity contribution < 1.29 is 4.74 Å². The Morgan fingerprint density at radius 2 is 1.87 bits per heavy atom. The summed E-state index contributed by atoms with van der Waals surface area (Å²) < 4.78 is 5.25. The van der Waals surface area contributed by atoms with E-state index in [0.717, 1.165) is 11.3 Å². The second-order valence-corrected chi connectivity index (χ2v) is 3.63. The van der Waals surface area contributed by atoms with E-state index in [-0.39, 0.29) is 0 Å². The van der Waals surface area contributed by atoms with Gasteiger partial charge in [-0.15, -0.1) is 0 Å². The molecule has 0 spiro atoms.